The van der Waals surface area contributed by atoms with E-state index in [2.05, 4.69) is 4.90 Å². The molecule has 1 saturated carbocycles. The Morgan fingerprint density at radius 1 is 1.29 bits per heavy atom. The summed E-state index contributed by atoms with van der Waals surface area (Å²) >= 11 is 0. The zero-order chi connectivity index (χ0) is 15.1. The van der Waals surface area contributed by atoms with E-state index in [1.54, 1.807) is 4.90 Å². The summed E-state index contributed by atoms with van der Waals surface area (Å²) in [4.78, 5) is 16.1. The molecule has 1 amide bonds. The van der Waals surface area contributed by atoms with Gasteiger partial charge >= 0.3 is 0 Å². The van der Waals surface area contributed by atoms with Gasteiger partial charge in [-0.3, -0.25) is 9.69 Å². The fourth-order valence-electron chi connectivity index (χ4n) is 3.35. The first kappa shape index (κ1) is 16.7. The fraction of sp³-hybridized carbons (Fsp3) is 0.938. The molecule has 0 radical (unpaired) electrons. The minimum Gasteiger partial charge on any atom is -0.390 e. The fourth-order valence-corrected chi connectivity index (χ4v) is 3.35. The van der Waals surface area contributed by atoms with Crippen LogP contribution >= 0.6 is 0 Å². The van der Waals surface area contributed by atoms with Gasteiger partial charge < -0.3 is 14.7 Å². The molecule has 1 unspecified atom stereocenters. The highest BCUT2D eigenvalue weighted by Crippen LogP contribution is 2.26. The molecule has 0 aromatic rings. The first-order valence-electron chi connectivity index (χ1n) is 8.37. The molecule has 0 spiro atoms. The molecule has 1 atom stereocenters. The second kappa shape index (κ2) is 8.71. The van der Waals surface area contributed by atoms with Crippen LogP contribution in [0.3, 0.4) is 0 Å². The van der Waals surface area contributed by atoms with Crippen molar-refractivity contribution in [3.8, 4) is 0 Å². The summed E-state index contributed by atoms with van der Waals surface area (Å²) in [5.74, 6) is 0.744. The summed E-state index contributed by atoms with van der Waals surface area (Å²) in [6, 6.07) is 0. The van der Waals surface area contributed by atoms with Crippen molar-refractivity contribution in [1.29, 1.82) is 0 Å². The number of hydrogen-bond donors (Lipinski definition) is 1. The maximum atomic E-state index is 12.2. The Morgan fingerprint density at radius 3 is 2.62 bits per heavy atom. The smallest absolute Gasteiger partial charge is 0.222 e. The van der Waals surface area contributed by atoms with Gasteiger partial charge in [0.15, 0.2) is 0 Å². The number of aliphatic hydroxyl groups is 1. The number of ether oxygens (including phenoxy) is 1. The lowest BCUT2D eigenvalue weighted by molar-refractivity contribution is -0.132. The lowest BCUT2D eigenvalue weighted by atomic mass is 9.87. The first-order chi connectivity index (χ1) is 10.1. The van der Waals surface area contributed by atoms with Crippen LogP contribution in [0, 0.1) is 5.92 Å². The molecule has 1 saturated heterocycles. The topological polar surface area (TPSA) is 53.0 Å². The molecular weight excluding hydrogens is 268 g/mol. The van der Waals surface area contributed by atoms with E-state index in [4.69, 9.17) is 4.74 Å². The number of rotatable bonds is 6. The highest BCUT2D eigenvalue weighted by molar-refractivity contribution is 5.76. The number of likely N-dealkylation sites (N-methyl/N-ethyl adjacent to an activating group) is 1. The Balaban J connectivity index is 1.66. The van der Waals surface area contributed by atoms with Crippen molar-refractivity contribution in [3.63, 3.8) is 0 Å². The average Bonchev–Trinajstić information content (AvgIpc) is 2.49. The molecule has 21 heavy (non-hydrogen) atoms. The lowest BCUT2D eigenvalue weighted by Crippen LogP contribution is -2.45. The molecule has 0 aromatic heterocycles. The van der Waals surface area contributed by atoms with Crippen LogP contribution in [0.1, 0.15) is 38.5 Å². The lowest BCUT2D eigenvalue weighted by Gasteiger charge is -2.30. The van der Waals surface area contributed by atoms with Crippen molar-refractivity contribution in [2.75, 3.05) is 46.4 Å². The Bertz CT molecular complexity index is 313. The Hall–Kier alpha value is -0.650. The zero-order valence-electron chi connectivity index (χ0n) is 13.3. The normalized spacial score (nSPS) is 23.0. The van der Waals surface area contributed by atoms with Gasteiger partial charge in [-0.2, -0.15) is 0 Å². The van der Waals surface area contributed by atoms with Gasteiger partial charge in [0.05, 0.1) is 19.3 Å². The number of morpholine rings is 1. The van der Waals surface area contributed by atoms with Gasteiger partial charge in [-0.15, -0.1) is 0 Å². The molecular formula is C16H30N2O3. The third-order valence-corrected chi connectivity index (χ3v) is 4.67. The SMILES string of the molecule is CN(CC(O)CN1CCOCC1)C(=O)CC1CCCCC1. The van der Waals surface area contributed by atoms with Gasteiger partial charge in [-0.25, -0.2) is 0 Å². The zero-order valence-corrected chi connectivity index (χ0v) is 13.3. The predicted molar refractivity (Wildman–Crippen MR) is 82.1 cm³/mol. The van der Waals surface area contributed by atoms with Crippen LogP contribution in [0.5, 0.6) is 0 Å². The van der Waals surface area contributed by atoms with Gasteiger partial charge in [0.2, 0.25) is 5.91 Å². The van der Waals surface area contributed by atoms with Gasteiger partial charge in [-0.05, 0) is 18.8 Å². The molecule has 1 heterocycles. The number of aliphatic hydroxyl groups excluding tert-OH is 1. The molecule has 122 valence electrons. The largest absolute Gasteiger partial charge is 0.390 e. The second-order valence-electron chi connectivity index (χ2n) is 6.55. The van der Waals surface area contributed by atoms with E-state index in [0.717, 1.165) is 26.3 Å². The highest BCUT2D eigenvalue weighted by atomic mass is 16.5. The average molecular weight is 298 g/mol. The number of β-amino-alcohol motifs (C(OH)–C–C–N with tert-alkyl or cyclic N) is 1. The van der Waals surface area contributed by atoms with Gasteiger partial charge in [0.25, 0.3) is 0 Å². The molecule has 0 aromatic carbocycles. The molecule has 2 aliphatic rings. The van der Waals surface area contributed by atoms with Crippen LogP contribution in [0.4, 0.5) is 0 Å². The number of amides is 1. The molecule has 2 fully saturated rings. The molecule has 1 aliphatic heterocycles. The van der Waals surface area contributed by atoms with Crippen LogP contribution in [-0.4, -0.2) is 73.4 Å². The molecule has 5 heteroatoms. The predicted octanol–water partition coefficient (Wildman–Crippen LogP) is 1.11. The van der Waals surface area contributed by atoms with E-state index in [1.165, 1.54) is 32.1 Å². The standard InChI is InChI=1S/C16H30N2O3/c1-17(16(20)11-14-5-3-2-4-6-14)12-15(19)13-18-7-9-21-10-8-18/h14-15,19H,2-13H2,1H3. The highest BCUT2D eigenvalue weighted by Gasteiger charge is 2.22. The van der Waals surface area contributed by atoms with Gasteiger partial charge in [0, 0.05) is 39.6 Å². The summed E-state index contributed by atoms with van der Waals surface area (Å²) < 4.78 is 5.30. The molecule has 1 N–H and O–H groups in total. The van der Waals surface area contributed by atoms with Gasteiger partial charge in [-0.1, -0.05) is 19.3 Å². The monoisotopic (exact) mass is 298 g/mol. The number of hydrogen-bond acceptors (Lipinski definition) is 4. The summed E-state index contributed by atoms with van der Waals surface area (Å²) in [5, 5.41) is 10.2. The van der Waals surface area contributed by atoms with Crippen LogP contribution in [0.15, 0.2) is 0 Å². The number of carbonyl (C=O) groups is 1. The van der Waals surface area contributed by atoms with Crippen LogP contribution < -0.4 is 0 Å². The van der Waals surface area contributed by atoms with E-state index in [1.807, 2.05) is 7.05 Å². The molecule has 2 rings (SSSR count). The summed E-state index contributed by atoms with van der Waals surface area (Å²) in [6.07, 6.45) is 6.41. The summed E-state index contributed by atoms with van der Waals surface area (Å²) in [7, 11) is 1.81. The van der Waals surface area contributed by atoms with Crippen LogP contribution in [0.25, 0.3) is 0 Å². The molecule has 5 nitrogen and oxygen atoms in total. The van der Waals surface area contributed by atoms with E-state index < -0.39 is 6.10 Å². The minimum atomic E-state index is -0.469. The van der Waals surface area contributed by atoms with Crippen molar-refractivity contribution in [1.82, 2.24) is 9.80 Å². The van der Waals surface area contributed by atoms with Gasteiger partial charge in [0.1, 0.15) is 0 Å². The maximum absolute atomic E-state index is 12.2. The van der Waals surface area contributed by atoms with Crippen molar-refractivity contribution in [2.24, 2.45) is 5.92 Å². The molecule has 1 aliphatic carbocycles. The van der Waals surface area contributed by atoms with Crippen molar-refractivity contribution >= 4 is 5.91 Å². The molecule has 0 bridgehead atoms. The van der Waals surface area contributed by atoms with Crippen LogP contribution in [-0.2, 0) is 9.53 Å². The third-order valence-electron chi connectivity index (χ3n) is 4.67. The van der Waals surface area contributed by atoms with E-state index in [-0.39, 0.29) is 5.91 Å². The van der Waals surface area contributed by atoms with E-state index in [0.29, 0.717) is 25.4 Å². The first-order valence-corrected chi connectivity index (χ1v) is 8.37. The summed E-state index contributed by atoms with van der Waals surface area (Å²) in [6.45, 7) is 4.28. The Labute approximate surface area is 128 Å². The van der Waals surface area contributed by atoms with E-state index in [9.17, 15) is 9.90 Å². The minimum absolute atomic E-state index is 0.183. The quantitative estimate of drug-likeness (QED) is 0.798. The van der Waals surface area contributed by atoms with Crippen molar-refractivity contribution in [3.05, 3.63) is 0 Å². The second-order valence-corrected chi connectivity index (χ2v) is 6.55. The van der Waals surface area contributed by atoms with Crippen molar-refractivity contribution in [2.45, 2.75) is 44.6 Å². The van der Waals surface area contributed by atoms with E-state index >= 15 is 0 Å². The third kappa shape index (κ3) is 5.93. The van der Waals surface area contributed by atoms with Crippen LogP contribution in [0.2, 0.25) is 0 Å². The number of nitrogens with zero attached hydrogens (tertiary/aromatic N) is 2. The Morgan fingerprint density at radius 2 is 1.95 bits per heavy atom. The number of carbonyl (C=O) groups excluding carboxylic acids is 1. The van der Waals surface area contributed by atoms with Crippen molar-refractivity contribution < 1.29 is 14.6 Å². The summed E-state index contributed by atoms with van der Waals surface area (Å²) in [5.41, 5.74) is 0. The maximum Gasteiger partial charge on any atom is 0.222 e. The Kier molecular flexibility index (Phi) is 6.93.